The van der Waals surface area contributed by atoms with E-state index in [4.69, 9.17) is 4.74 Å². The lowest BCUT2D eigenvalue weighted by Gasteiger charge is -2.30. The number of nitrogens with one attached hydrogen (secondary N) is 2. The summed E-state index contributed by atoms with van der Waals surface area (Å²) in [6.07, 6.45) is 2.17. The van der Waals surface area contributed by atoms with Crippen LogP contribution in [0.15, 0.2) is 24.3 Å². The molecule has 30 heavy (non-hydrogen) atoms. The molecule has 0 saturated carbocycles. The van der Waals surface area contributed by atoms with Crippen molar-refractivity contribution in [2.24, 2.45) is 0 Å². The van der Waals surface area contributed by atoms with E-state index in [1.54, 1.807) is 32.9 Å². The van der Waals surface area contributed by atoms with Gasteiger partial charge in [-0.15, -0.1) is 0 Å². The number of hydrogen-bond acceptors (Lipinski definition) is 5. The average molecular weight is 422 g/mol. The minimum atomic E-state index is -0.900. The molecule has 0 aromatic heterocycles. The van der Waals surface area contributed by atoms with Crippen LogP contribution in [0.3, 0.4) is 0 Å². The van der Waals surface area contributed by atoms with Gasteiger partial charge >= 0.3 is 6.09 Å². The minimum absolute atomic E-state index is 0.0646. The molecule has 3 N–H and O–H groups in total. The van der Waals surface area contributed by atoms with Crippen molar-refractivity contribution in [3.05, 3.63) is 29.8 Å². The second-order valence-electron chi connectivity index (χ2n) is 8.31. The molecule has 2 atom stereocenters. The van der Waals surface area contributed by atoms with Crippen molar-refractivity contribution in [2.45, 2.75) is 71.6 Å². The standard InChI is InChI=1S/C22H35N3O5/c1-7-8-9-14-23-19(27)18(16-10-12-17(26)13-11-16)25(6)20(28)15(2)24-21(29)30-22(3,4)5/h10-13,15,18,26H,7-9,14H2,1-6H3,(H,23,27)(H,24,29). The van der Waals surface area contributed by atoms with Crippen molar-refractivity contribution in [1.29, 1.82) is 0 Å². The van der Waals surface area contributed by atoms with E-state index >= 15 is 0 Å². The van der Waals surface area contributed by atoms with Crippen molar-refractivity contribution >= 4 is 17.9 Å². The van der Waals surface area contributed by atoms with Crippen LogP contribution >= 0.6 is 0 Å². The topological polar surface area (TPSA) is 108 Å². The van der Waals surface area contributed by atoms with Crippen molar-refractivity contribution in [3.63, 3.8) is 0 Å². The molecule has 0 radical (unpaired) electrons. The van der Waals surface area contributed by atoms with Crippen LogP contribution in [0, 0.1) is 0 Å². The van der Waals surface area contributed by atoms with Crippen LogP contribution in [0.5, 0.6) is 5.75 Å². The van der Waals surface area contributed by atoms with Gasteiger partial charge in [0.2, 0.25) is 11.8 Å². The van der Waals surface area contributed by atoms with E-state index in [1.807, 2.05) is 0 Å². The number of carbonyl (C=O) groups is 3. The van der Waals surface area contributed by atoms with Gasteiger partial charge in [-0.25, -0.2) is 4.79 Å². The Morgan fingerprint density at radius 1 is 1.13 bits per heavy atom. The number of nitrogens with zero attached hydrogens (tertiary/aromatic N) is 1. The Kier molecular flexibility index (Phi) is 9.62. The highest BCUT2D eigenvalue weighted by molar-refractivity contribution is 5.91. The molecular formula is C22H35N3O5. The van der Waals surface area contributed by atoms with Crippen molar-refractivity contribution in [2.75, 3.05) is 13.6 Å². The fraction of sp³-hybridized carbons (Fsp3) is 0.591. The third-order valence-electron chi connectivity index (χ3n) is 4.38. The van der Waals surface area contributed by atoms with E-state index in [1.165, 1.54) is 31.0 Å². The summed E-state index contributed by atoms with van der Waals surface area (Å²) < 4.78 is 5.19. The van der Waals surface area contributed by atoms with E-state index in [-0.39, 0.29) is 11.7 Å². The maximum absolute atomic E-state index is 12.9. The number of benzene rings is 1. The van der Waals surface area contributed by atoms with Gasteiger partial charge in [0.25, 0.3) is 0 Å². The fourth-order valence-electron chi connectivity index (χ4n) is 2.87. The van der Waals surface area contributed by atoms with Crippen LogP contribution in [0.4, 0.5) is 4.79 Å². The maximum atomic E-state index is 12.9. The number of amides is 3. The van der Waals surface area contributed by atoms with Crippen LogP contribution in [0.1, 0.15) is 65.5 Å². The second kappa shape index (κ2) is 11.4. The van der Waals surface area contributed by atoms with E-state index < -0.39 is 29.7 Å². The number of phenolic OH excluding ortho intramolecular Hbond substituents is 1. The molecule has 168 valence electrons. The molecule has 3 amide bonds. The molecule has 2 unspecified atom stereocenters. The van der Waals surface area contributed by atoms with Crippen LogP contribution in [-0.2, 0) is 14.3 Å². The Balaban J connectivity index is 2.95. The molecule has 0 saturated heterocycles. The van der Waals surface area contributed by atoms with Gasteiger partial charge in [-0.1, -0.05) is 31.9 Å². The van der Waals surface area contributed by atoms with Crippen molar-refractivity contribution in [3.8, 4) is 5.75 Å². The lowest BCUT2D eigenvalue weighted by Crippen LogP contribution is -2.50. The summed E-state index contributed by atoms with van der Waals surface area (Å²) in [7, 11) is 1.51. The first kappa shape index (κ1) is 25.3. The number of rotatable bonds is 9. The first-order chi connectivity index (χ1) is 14.0. The summed E-state index contributed by atoms with van der Waals surface area (Å²) in [5, 5.41) is 14.9. The quantitative estimate of drug-likeness (QED) is 0.531. The Bertz CT molecular complexity index is 712. The highest BCUT2D eigenvalue weighted by Gasteiger charge is 2.32. The number of ether oxygens (including phenoxy) is 1. The van der Waals surface area contributed by atoms with E-state index in [2.05, 4.69) is 17.6 Å². The Morgan fingerprint density at radius 2 is 1.73 bits per heavy atom. The average Bonchev–Trinajstić information content (AvgIpc) is 2.64. The van der Waals surface area contributed by atoms with Crippen LogP contribution < -0.4 is 10.6 Å². The number of unbranched alkanes of at least 4 members (excludes halogenated alkanes) is 2. The summed E-state index contributed by atoms with van der Waals surface area (Å²) in [6, 6.07) is 4.34. The number of carbonyl (C=O) groups excluding carboxylic acids is 3. The first-order valence-corrected chi connectivity index (χ1v) is 10.3. The van der Waals surface area contributed by atoms with Gasteiger partial charge in [-0.2, -0.15) is 0 Å². The molecule has 0 heterocycles. The third-order valence-corrected chi connectivity index (χ3v) is 4.38. The number of alkyl carbamates (subject to hydrolysis) is 1. The number of phenols is 1. The van der Waals surface area contributed by atoms with Crippen LogP contribution in [0.2, 0.25) is 0 Å². The highest BCUT2D eigenvalue weighted by Crippen LogP contribution is 2.23. The molecule has 8 heteroatoms. The van der Waals surface area contributed by atoms with E-state index in [0.29, 0.717) is 12.1 Å². The van der Waals surface area contributed by atoms with E-state index in [9.17, 15) is 19.5 Å². The van der Waals surface area contributed by atoms with Gasteiger partial charge in [0.05, 0.1) is 0 Å². The Labute approximate surface area is 179 Å². The zero-order valence-corrected chi connectivity index (χ0v) is 18.8. The number of hydrogen-bond donors (Lipinski definition) is 3. The molecule has 0 aliphatic carbocycles. The Hall–Kier alpha value is -2.77. The van der Waals surface area contributed by atoms with Gasteiger partial charge in [0.15, 0.2) is 0 Å². The predicted molar refractivity (Wildman–Crippen MR) is 115 cm³/mol. The summed E-state index contributed by atoms with van der Waals surface area (Å²) in [4.78, 5) is 39.1. The molecule has 8 nitrogen and oxygen atoms in total. The molecule has 0 spiro atoms. The summed E-state index contributed by atoms with van der Waals surface area (Å²) in [5.74, 6) is -0.699. The van der Waals surface area contributed by atoms with Crippen molar-refractivity contribution < 1.29 is 24.2 Å². The molecule has 0 bridgehead atoms. The summed E-state index contributed by atoms with van der Waals surface area (Å²) in [5.41, 5.74) is -0.132. The largest absolute Gasteiger partial charge is 0.508 e. The SMILES string of the molecule is CCCCCNC(=O)C(c1ccc(O)cc1)N(C)C(=O)C(C)NC(=O)OC(C)(C)C. The molecule has 0 aliphatic rings. The molecule has 0 fully saturated rings. The van der Waals surface area contributed by atoms with Crippen LogP contribution in [-0.4, -0.2) is 53.1 Å². The number of aromatic hydroxyl groups is 1. The van der Waals surface area contributed by atoms with Gasteiger partial charge in [0, 0.05) is 13.6 Å². The summed E-state index contributed by atoms with van der Waals surface area (Å²) in [6.45, 7) is 9.32. The molecular weight excluding hydrogens is 386 g/mol. The smallest absolute Gasteiger partial charge is 0.408 e. The molecule has 1 rings (SSSR count). The molecule has 1 aromatic rings. The van der Waals surface area contributed by atoms with Crippen LogP contribution in [0.25, 0.3) is 0 Å². The molecule has 0 aliphatic heterocycles. The second-order valence-corrected chi connectivity index (χ2v) is 8.31. The predicted octanol–water partition coefficient (Wildman–Crippen LogP) is 3.11. The van der Waals surface area contributed by atoms with Crippen molar-refractivity contribution in [1.82, 2.24) is 15.5 Å². The van der Waals surface area contributed by atoms with E-state index in [0.717, 1.165) is 19.3 Å². The zero-order valence-electron chi connectivity index (χ0n) is 18.8. The lowest BCUT2D eigenvalue weighted by molar-refractivity contribution is -0.140. The van der Waals surface area contributed by atoms with Gasteiger partial charge < -0.3 is 25.4 Å². The zero-order chi connectivity index (χ0) is 22.9. The molecule has 1 aromatic carbocycles. The monoisotopic (exact) mass is 421 g/mol. The first-order valence-electron chi connectivity index (χ1n) is 10.3. The Morgan fingerprint density at radius 3 is 2.27 bits per heavy atom. The fourth-order valence-corrected chi connectivity index (χ4v) is 2.87. The third kappa shape index (κ3) is 8.31. The number of likely N-dealkylation sites (N-methyl/N-ethyl adjacent to an activating group) is 1. The van der Waals surface area contributed by atoms with Gasteiger partial charge in [-0.3, -0.25) is 9.59 Å². The van der Waals surface area contributed by atoms with Gasteiger partial charge in [-0.05, 0) is 51.8 Å². The minimum Gasteiger partial charge on any atom is -0.508 e. The van der Waals surface area contributed by atoms with Gasteiger partial charge in [0.1, 0.15) is 23.4 Å². The summed E-state index contributed by atoms with van der Waals surface area (Å²) >= 11 is 0. The maximum Gasteiger partial charge on any atom is 0.408 e. The highest BCUT2D eigenvalue weighted by atomic mass is 16.6. The normalized spacial score (nSPS) is 13.1. The lowest BCUT2D eigenvalue weighted by atomic mass is 10.0.